The summed E-state index contributed by atoms with van der Waals surface area (Å²) in [5.74, 6) is -0.261. The van der Waals surface area contributed by atoms with Crippen molar-refractivity contribution in [2.24, 2.45) is 0 Å². The molecule has 2 atom stereocenters. The number of esters is 1. The molecule has 0 aromatic rings. The van der Waals surface area contributed by atoms with Crippen molar-refractivity contribution in [1.82, 2.24) is 5.32 Å². The van der Waals surface area contributed by atoms with Gasteiger partial charge < -0.3 is 24.3 Å². The normalized spacial score (nSPS) is 15.5. The molecule has 0 saturated heterocycles. The molecule has 0 aromatic heterocycles. The van der Waals surface area contributed by atoms with Crippen LogP contribution in [0.1, 0.15) is 33.6 Å². The van der Waals surface area contributed by atoms with Gasteiger partial charge in [0.05, 0.1) is 39.6 Å². The summed E-state index contributed by atoms with van der Waals surface area (Å²) in [5.41, 5.74) is -0.721. The number of carbonyl (C=O) groups is 1. The van der Waals surface area contributed by atoms with Gasteiger partial charge in [-0.25, -0.2) is 0 Å². The van der Waals surface area contributed by atoms with Gasteiger partial charge in [0.15, 0.2) is 0 Å². The van der Waals surface area contributed by atoms with Crippen molar-refractivity contribution in [1.29, 1.82) is 0 Å². The minimum Gasteiger partial charge on any atom is -0.468 e. The molecule has 0 bridgehead atoms. The van der Waals surface area contributed by atoms with E-state index in [0.29, 0.717) is 32.8 Å². The lowest BCUT2D eigenvalue weighted by molar-refractivity contribution is -0.149. The smallest absolute Gasteiger partial charge is 0.325 e. The summed E-state index contributed by atoms with van der Waals surface area (Å²) in [4.78, 5) is 11.9. The number of carbonyl (C=O) groups excluding carboxylic acids is 1. The number of rotatable bonds is 13. The number of nitrogens with one attached hydrogen (secondary N) is 1. The maximum absolute atomic E-state index is 11.9. The highest BCUT2D eigenvalue weighted by Gasteiger charge is 2.35. The Morgan fingerprint density at radius 3 is 2.43 bits per heavy atom. The second kappa shape index (κ2) is 11.9. The zero-order valence-corrected chi connectivity index (χ0v) is 14.1. The van der Waals surface area contributed by atoms with Crippen molar-refractivity contribution in [3.05, 3.63) is 0 Å². The Hall–Kier alpha value is -0.690. The first kappa shape index (κ1) is 20.3. The Morgan fingerprint density at radius 2 is 1.86 bits per heavy atom. The van der Waals surface area contributed by atoms with Crippen LogP contribution in [0.25, 0.3) is 0 Å². The first-order valence-corrected chi connectivity index (χ1v) is 7.51. The molecule has 0 saturated carbocycles. The van der Waals surface area contributed by atoms with E-state index in [0.717, 1.165) is 13.0 Å². The van der Waals surface area contributed by atoms with Gasteiger partial charge >= 0.3 is 5.97 Å². The van der Waals surface area contributed by atoms with Crippen molar-refractivity contribution >= 4 is 5.97 Å². The Balaban J connectivity index is 4.09. The molecular formula is C15H31NO5. The van der Waals surface area contributed by atoms with Crippen LogP contribution in [0.2, 0.25) is 0 Å². The molecule has 0 fully saturated rings. The molecule has 6 heteroatoms. The maximum atomic E-state index is 11.9. The second-order valence-electron chi connectivity index (χ2n) is 5.24. The van der Waals surface area contributed by atoms with E-state index in [1.54, 1.807) is 7.11 Å². The van der Waals surface area contributed by atoms with E-state index in [1.807, 2.05) is 13.8 Å². The van der Waals surface area contributed by atoms with Crippen molar-refractivity contribution in [3.8, 4) is 0 Å². The third kappa shape index (κ3) is 9.03. The van der Waals surface area contributed by atoms with Crippen LogP contribution >= 0.6 is 0 Å². The van der Waals surface area contributed by atoms with E-state index in [-0.39, 0.29) is 12.1 Å². The molecule has 1 N–H and O–H groups in total. The van der Waals surface area contributed by atoms with Gasteiger partial charge in [0.25, 0.3) is 0 Å². The predicted molar refractivity (Wildman–Crippen MR) is 81.4 cm³/mol. The highest BCUT2D eigenvalue weighted by atomic mass is 16.5. The van der Waals surface area contributed by atoms with Crippen LogP contribution in [0.4, 0.5) is 0 Å². The molecule has 0 spiro atoms. The van der Waals surface area contributed by atoms with Gasteiger partial charge in [-0.3, -0.25) is 4.79 Å². The van der Waals surface area contributed by atoms with Crippen LogP contribution < -0.4 is 5.32 Å². The zero-order chi connectivity index (χ0) is 16.1. The summed E-state index contributed by atoms with van der Waals surface area (Å²) in [7, 11) is 3.04. The van der Waals surface area contributed by atoms with E-state index in [4.69, 9.17) is 18.9 Å². The number of hydrogen-bond donors (Lipinski definition) is 1. The first-order chi connectivity index (χ1) is 10.00. The Morgan fingerprint density at radius 1 is 1.19 bits per heavy atom. The molecule has 0 heterocycles. The monoisotopic (exact) mass is 305 g/mol. The zero-order valence-electron chi connectivity index (χ0n) is 14.1. The van der Waals surface area contributed by atoms with Crippen LogP contribution in [0.15, 0.2) is 0 Å². The molecule has 0 rings (SSSR count). The lowest BCUT2D eigenvalue weighted by Crippen LogP contribution is -2.52. The summed E-state index contributed by atoms with van der Waals surface area (Å²) < 4.78 is 20.8. The SMILES string of the molecule is CCCNC(C)(CC(C)OCCOCCOC)C(=O)OC. The third-order valence-corrected chi connectivity index (χ3v) is 3.16. The maximum Gasteiger partial charge on any atom is 0.325 e. The fourth-order valence-corrected chi connectivity index (χ4v) is 2.04. The van der Waals surface area contributed by atoms with Gasteiger partial charge in [-0.15, -0.1) is 0 Å². The number of hydrogen-bond acceptors (Lipinski definition) is 6. The van der Waals surface area contributed by atoms with Crippen LogP contribution in [-0.4, -0.2) is 64.8 Å². The van der Waals surface area contributed by atoms with Gasteiger partial charge in [-0.05, 0) is 26.8 Å². The third-order valence-electron chi connectivity index (χ3n) is 3.16. The summed E-state index contributed by atoms with van der Waals surface area (Å²) in [6, 6.07) is 0. The molecule has 0 aliphatic rings. The average molecular weight is 305 g/mol. The standard InChI is InChI=1S/C15H31NO5/c1-6-7-16-15(3,14(17)19-5)12-13(2)21-11-10-20-9-8-18-4/h13,16H,6-12H2,1-5H3. The summed E-state index contributed by atoms with van der Waals surface area (Å²) in [6.45, 7) is 8.78. The topological polar surface area (TPSA) is 66.0 Å². The van der Waals surface area contributed by atoms with Gasteiger partial charge in [-0.2, -0.15) is 0 Å². The van der Waals surface area contributed by atoms with Gasteiger partial charge in [0.1, 0.15) is 5.54 Å². The Labute approximate surface area is 128 Å². The lowest BCUT2D eigenvalue weighted by atomic mass is 9.94. The van der Waals surface area contributed by atoms with E-state index in [2.05, 4.69) is 12.2 Å². The number of methoxy groups -OCH3 is 2. The highest BCUT2D eigenvalue weighted by Crippen LogP contribution is 2.16. The van der Waals surface area contributed by atoms with E-state index in [9.17, 15) is 4.79 Å². The fourth-order valence-electron chi connectivity index (χ4n) is 2.04. The van der Waals surface area contributed by atoms with Crippen molar-refractivity contribution < 1.29 is 23.7 Å². The lowest BCUT2D eigenvalue weighted by Gasteiger charge is -2.30. The molecular weight excluding hydrogens is 274 g/mol. The van der Waals surface area contributed by atoms with Gasteiger partial charge in [0.2, 0.25) is 0 Å². The Kier molecular flexibility index (Phi) is 11.5. The van der Waals surface area contributed by atoms with Crippen molar-refractivity contribution in [2.75, 3.05) is 47.2 Å². The van der Waals surface area contributed by atoms with E-state index >= 15 is 0 Å². The van der Waals surface area contributed by atoms with Gasteiger partial charge in [0, 0.05) is 13.5 Å². The van der Waals surface area contributed by atoms with Crippen LogP contribution in [0.5, 0.6) is 0 Å². The molecule has 2 unspecified atom stereocenters. The Bertz CT molecular complexity index is 275. The summed E-state index contributed by atoms with van der Waals surface area (Å²) in [6.07, 6.45) is 1.44. The molecule has 126 valence electrons. The fraction of sp³-hybridized carbons (Fsp3) is 0.933. The van der Waals surface area contributed by atoms with E-state index < -0.39 is 5.54 Å². The largest absolute Gasteiger partial charge is 0.468 e. The van der Waals surface area contributed by atoms with Crippen LogP contribution in [-0.2, 0) is 23.7 Å². The minimum absolute atomic E-state index is 0.0653. The van der Waals surface area contributed by atoms with Gasteiger partial charge in [-0.1, -0.05) is 6.92 Å². The predicted octanol–water partition coefficient (Wildman–Crippen LogP) is 1.38. The molecule has 0 amide bonds. The van der Waals surface area contributed by atoms with Crippen LogP contribution in [0, 0.1) is 0 Å². The molecule has 0 aliphatic heterocycles. The first-order valence-electron chi connectivity index (χ1n) is 7.51. The molecule has 0 aromatic carbocycles. The number of ether oxygens (including phenoxy) is 4. The molecule has 0 radical (unpaired) electrons. The van der Waals surface area contributed by atoms with Crippen molar-refractivity contribution in [3.63, 3.8) is 0 Å². The quantitative estimate of drug-likeness (QED) is 0.409. The second-order valence-corrected chi connectivity index (χ2v) is 5.24. The minimum atomic E-state index is -0.721. The van der Waals surface area contributed by atoms with Crippen LogP contribution in [0.3, 0.4) is 0 Å². The summed E-state index contributed by atoms with van der Waals surface area (Å²) in [5, 5.41) is 3.24. The molecule has 6 nitrogen and oxygen atoms in total. The highest BCUT2D eigenvalue weighted by molar-refractivity contribution is 5.80. The summed E-state index contributed by atoms with van der Waals surface area (Å²) >= 11 is 0. The van der Waals surface area contributed by atoms with Crippen molar-refractivity contribution in [2.45, 2.75) is 45.3 Å². The molecule has 0 aliphatic carbocycles. The average Bonchev–Trinajstić information content (AvgIpc) is 2.47. The molecule has 21 heavy (non-hydrogen) atoms. The van der Waals surface area contributed by atoms with E-state index in [1.165, 1.54) is 7.11 Å².